The number of fused-ring (bicyclic) bond motifs is 1. The molecular weight excluding hydrogens is 260 g/mol. The minimum Gasteiger partial charge on any atom is -0.493 e. The molecule has 2 nitrogen and oxygen atoms in total. The predicted molar refractivity (Wildman–Crippen MR) is 84.8 cm³/mol. The maximum absolute atomic E-state index is 12.2. The van der Waals surface area contributed by atoms with Crippen molar-refractivity contribution in [2.45, 2.75) is 6.42 Å². The second-order valence-corrected chi connectivity index (χ2v) is 4.90. The molecule has 0 saturated carbocycles. The molecule has 0 heterocycles. The van der Waals surface area contributed by atoms with Crippen LogP contribution in [0, 0.1) is 0 Å². The number of hydrogen-bond acceptors (Lipinski definition) is 2. The summed E-state index contributed by atoms with van der Waals surface area (Å²) in [5, 5.41) is 2.24. The van der Waals surface area contributed by atoms with E-state index in [9.17, 15) is 4.79 Å². The lowest BCUT2D eigenvalue weighted by molar-refractivity contribution is 0.0962. The van der Waals surface area contributed by atoms with E-state index in [0.29, 0.717) is 13.0 Å². The highest BCUT2D eigenvalue weighted by molar-refractivity contribution is 5.99. The quantitative estimate of drug-likeness (QED) is 0.642. The zero-order valence-electron chi connectivity index (χ0n) is 11.7. The Morgan fingerprint density at radius 3 is 2.33 bits per heavy atom. The second-order valence-electron chi connectivity index (χ2n) is 4.90. The number of hydrogen-bond donors (Lipinski definition) is 0. The molecule has 0 aliphatic heterocycles. The van der Waals surface area contributed by atoms with Gasteiger partial charge in [0.05, 0.1) is 6.61 Å². The summed E-state index contributed by atoms with van der Waals surface area (Å²) in [6, 6.07) is 23.4. The van der Waals surface area contributed by atoms with E-state index in [1.165, 1.54) is 0 Å². The Balaban J connectivity index is 1.64. The molecule has 3 rings (SSSR count). The summed E-state index contributed by atoms with van der Waals surface area (Å²) in [4.78, 5) is 12.2. The number of Topliss-reactive ketones (excluding diaryl/α,β-unsaturated/α-hetero) is 1. The Bertz CT molecular complexity index is 748. The Morgan fingerprint density at radius 1 is 0.810 bits per heavy atom. The second kappa shape index (κ2) is 6.23. The van der Waals surface area contributed by atoms with E-state index in [0.717, 1.165) is 22.1 Å². The summed E-state index contributed by atoms with van der Waals surface area (Å²) in [5.74, 6) is 0.903. The molecule has 104 valence electrons. The molecular formula is C19H16O2. The highest BCUT2D eigenvalue weighted by Crippen LogP contribution is 2.17. The topological polar surface area (TPSA) is 26.3 Å². The van der Waals surface area contributed by atoms with Crippen LogP contribution in [0.2, 0.25) is 0 Å². The van der Waals surface area contributed by atoms with Crippen molar-refractivity contribution in [2.24, 2.45) is 0 Å². The van der Waals surface area contributed by atoms with Gasteiger partial charge < -0.3 is 4.74 Å². The van der Waals surface area contributed by atoms with Crippen LogP contribution in [0.5, 0.6) is 5.75 Å². The van der Waals surface area contributed by atoms with Crippen LogP contribution in [0.4, 0.5) is 0 Å². The Kier molecular flexibility index (Phi) is 3.97. The highest BCUT2D eigenvalue weighted by Gasteiger charge is 2.07. The summed E-state index contributed by atoms with van der Waals surface area (Å²) in [6.07, 6.45) is 0.382. The van der Waals surface area contributed by atoms with Gasteiger partial charge in [0.1, 0.15) is 5.75 Å². The summed E-state index contributed by atoms with van der Waals surface area (Å²) in [6.45, 7) is 0.398. The average Bonchev–Trinajstić information content (AvgIpc) is 2.55. The fourth-order valence-electron chi connectivity index (χ4n) is 2.29. The first-order chi connectivity index (χ1) is 10.3. The normalized spacial score (nSPS) is 10.5. The molecule has 21 heavy (non-hydrogen) atoms. The third-order valence-electron chi connectivity index (χ3n) is 3.41. The van der Waals surface area contributed by atoms with E-state index in [2.05, 4.69) is 0 Å². The fraction of sp³-hybridized carbons (Fsp3) is 0.105. The van der Waals surface area contributed by atoms with E-state index in [1.807, 2.05) is 72.8 Å². The molecule has 0 spiro atoms. The van der Waals surface area contributed by atoms with Gasteiger partial charge in [0.25, 0.3) is 0 Å². The van der Waals surface area contributed by atoms with Crippen molar-refractivity contribution in [3.8, 4) is 5.75 Å². The number of carbonyl (C=O) groups excluding carboxylic acids is 1. The minimum atomic E-state index is 0.108. The van der Waals surface area contributed by atoms with E-state index in [1.54, 1.807) is 0 Å². The van der Waals surface area contributed by atoms with Gasteiger partial charge in [0.15, 0.2) is 5.78 Å². The largest absolute Gasteiger partial charge is 0.493 e. The Labute approximate surface area is 124 Å². The van der Waals surface area contributed by atoms with Crippen LogP contribution in [0.3, 0.4) is 0 Å². The number of ether oxygens (including phenoxy) is 1. The fourth-order valence-corrected chi connectivity index (χ4v) is 2.29. The summed E-state index contributed by atoms with van der Waals surface area (Å²) >= 11 is 0. The maximum atomic E-state index is 12.2. The molecule has 0 amide bonds. The van der Waals surface area contributed by atoms with Gasteiger partial charge in [-0.25, -0.2) is 0 Å². The first-order valence-electron chi connectivity index (χ1n) is 7.03. The lowest BCUT2D eigenvalue weighted by atomic mass is 10.0. The molecule has 0 atom stereocenters. The summed E-state index contributed by atoms with van der Waals surface area (Å²) in [7, 11) is 0. The molecule has 0 aliphatic rings. The molecule has 0 unspecified atom stereocenters. The lowest BCUT2D eigenvalue weighted by Gasteiger charge is -2.06. The monoisotopic (exact) mass is 276 g/mol. The first kappa shape index (κ1) is 13.4. The van der Waals surface area contributed by atoms with Crippen LogP contribution in [0.1, 0.15) is 16.8 Å². The van der Waals surface area contributed by atoms with Crippen molar-refractivity contribution in [2.75, 3.05) is 6.61 Å². The molecule has 2 heteroatoms. The third-order valence-corrected chi connectivity index (χ3v) is 3.41. The number of ketones is 1. The molecule has 0 N–H and O–H groups in total. The zero-order chi connectivity index (χ0) is 14.5. The van der Waals surface area contributed by atoms with Crippen molar-refractivity contribution in [1.29, 1.82) is 0 Å². The molecule has 3 aromatic rings. The van der Waals surface area contributed by atoms with Crippen LogP contribution in [0.15, 0.2) is 72.8 Å². The van der Waals surface area contributed by atoms with Gasteiger partial charge in [-0.1, -0.05) is 54.6 Å². The van der Waals surface area contributed by atoms with E-state index in [-0.39, 0.29) is 5.78 Å². The van der Waals surface area contributed by atoms with Crippen molar-refractivity contribution in [3.63, 3.8) is 0 Å². The van der Waals surface area contributed by atoms with E-state index >= 15 is 0 Å². The van der Waals surface area contributed by atoms with Crippen LogP contribution < -0.4 is 4.74 Å². The Hall–Kier alpha value is -2.61. The first-order valence-corrected chi connectivity index (χ1v) is 7.03. The lowest BCUT2D eigenvalue weighted by Crippen LogP contribution is -2.06. The van der Waals surface area contributed by atoms with Crippen LogP contribution in [-0.2, 0) is 0 Å². The molecule has 0 aliphatic carbocycles. The maximum Gasteiger partial charge on any atom is 0.166 e. The molecule has 0 bridgehead atoms. The highest BCUT2D eigenvalue weighted by atomic mass is 16.5. The zero-order valence-corrected chi connectivity index (χ0v) is 11.7. The molecule has 0 fully saturated rings. The minimum absolute atomic E-state index is 0.108. The number of para-hydroxylation sites is 1. The summed E-state index contributed by atoms with van der Waals surface area (Å²) in [5.41, 5.74) is 0.741. The average molecular weight is 276 g/mol. The van der Waals surface area contributed by atoms with Gasteiger partial charge in [-0.3, -0.25) is 4.79 Å². The SMILES string of the molecule is O=C(CCOc1ccccc1)c1ccc2ccccc2c1. The number of carbonyl (C=O) groups is 1. The van der Waals surface area contributed by atoms with Crippen molar-refractivity contribution in [3.05, 3.63) is 78.4 Å². The van der Waals surface area contributed by atoms with Crippen molar-refractivity contribution >= 4 is 16.6 Å². The van der Waals surface area contributed by atoms with Crippen molar-refractivity contribution in [1.82, 2.24) is 0 Å². The number of rotatable bonds is 5. The van der Waals surface area contributed by atoms with Crippen LogP contribution in [0.25, 0.3) is 10.8 Å². The van der Waals surface area contributed by atoms with E-state index < -0.39 is 0 Å². The predicted octanol–water partition coefficient (Wildman–Crippen LogP) is 4.49. The molecule has 0 aromatic heterocycles. The van der Waals surface area contributed by atoms with Gasteiger partial charge in [-0.2, -0.15) is 0 Å². The standard InChI is InChI=1S/C19H16O2/c20-19(12-13-21-18-8-2-1-3-9-18)17-11-10-15-6-4-5-7-16(15)14-17/h1-11,14H,12-13H2. The number of benzene rings is 3. The van der Waals surface area contributed by atoms with Gasteiger partial charge in [-0.15, -0.1) is 0 Å². The van der Waals surface area contributed by atoms with Crippen molar-refractivity contribution < 1.29 is 9.53 Å². The molecule has 0 saturated heterocycles. The van der Waals surface area contributed by atoms with Gasteiger partial charge in [0.2, 0.25) is 0 Å². The van der Waals surface area contributed by atoms with Gasteiger partial charge in [-0.05, 0) is 29.0 Å². The van der Waals surface area contributed by atoms with Gasteiger partial charge >= 0.3 is 0 Å². The Morgan fingerprint density at radius 2 is 1.52 bits per heavy atom. The smallest absolute Gasteiger partial charge is 0.166 e. The third kappa shape index (κ3) is 3.29. The van der Waals surface area contributed by atoms with Crippen LogP contribution >= 0.6 is 0 Å². The van der Waals surface area contributed by atoms with Gasteiger partial charge in [0, 0.05) is 12.0 Å². The van der Waals surface area contributed by atoms with Crippen LogP contribution in [-0.4, -0.2) is 12.4 Å². The molecule has 0 radical (unpaired) electrons. The molecule has 3 aromatic carbocycles. The summed E-state index contributed by atoms with van der Waals surface area (Å²) < 4.78 is 5.56. The van der Waals surface area contributed by atoms with E-state index in [4.69, 9.17) is 4.74 Å².